The van der Waals surface area contributed by atoms with Crippen LogP contribution < -0.4 is 5.32 Å². The number of nitro groups is 1. The quantitative estimate of drug-likeness (QED) is 0.510. The van der Waals surface area contributed by atoms with Crippen molar-refractivity contribution in [1.29, 1.82) is 0 Å². The van der Waals surface area contributed by atoms with Crippen LogP contribution in [0.15, 0.2) is 18.2 Å². The topological polar surface area (TPSA) is 107 Å². The number of nitro benzene ring substituents is 1. The average Bonchev–Trinajstić information content (AvgIpc) is 2.89. The van der Waals surface area contributed by atoms with Crippen molar-refractivity contribution in [2.75, 3.05) is 12.4 Å². The first kappa shape index (κ1) is 15.1. The van der Waals surface area contributed by atoms with Crippen molar-refractivity contribution >= 4 is 40.5 Å². The molecule has 8 nitrogen and oxygen atoms in total. The molecule has 0 amide bonds. The fourth-order valence-electron chi connectivity index (χ4n) is 1.52. The number of aromatic nitrogens is 2. The van der Waals surface area contributed by atoms with Gasteiger partial charge in [0.15, 0.2) is 0 Å². The van der Waals surface area contributed by atoms with Crippen LogP contribution in [0.5, 0.6) is 0 Å². The van der Waals surface area contributed by atoms with Gasteiger partial charge in [0, 0.05) is 24.6 Å². The number of anilines is 1. The maximum atomic E-state index is 11.9. The molecule has 0 aliphatic heterocycles. The molecule has 0 saturated carbocycles. The van der Waals surface area contributed by atoms with Gasteiger partial charge in [-0.25, -0.2) is 4.79 Å². The molecule has 0 unspecified atom stereocenters. The molecule has 1 N–H and O–H groups in total. The van der Waals surface area contributed by atoms with E-state index < -0.39 is 10.9 Å². The third-order valence-electron chi connectivity index (χ3n) is 2.55. The van der Waals surface area contributed by atoms with Gasteiger partial charge in [0.1, 0.15) is 22.3 Å². The van der Waals surface area contributed by atoms with Crippen LogP contribution >= 0.6 is 23.1 Å². The SMILES string of the molecule is CNc1ccc(C(=O)OCc2nnsc2Cl)cc1[N+](=O)[O-]. The lowest BCUT2D eigenvalue weighted by Gasteiger charge is -2.05. The van der Waals surface area contributed by atoms with Crippen LogP contribution in [0.4, 0.5) is 11.4 Å². The first-order valence-corrected chi connectivity index (χ1v) is 6.78. The number of hydrogen-bond acceptors (Lipinski definition) is 8. The van der Waals surface area contributed by atoms with Crippen molar-refractivity contribution in [3.8, 4) is 0 Å². The highest BCUT2D eigenvalue weighted by atomic mass is 35.5. The summed E-state index contributed by atoms with van der Waals surface area (Å²) in [6.07, 6.45) is 0. The van der Waals surface area contributed by atoms with Crippen LogP contribution in [-0.4, -0.2) is 27.5 Å². The highest BCUT2D eigenvalue weighted by Crippen LogP contribution is 2.25. The highest BCUT2D eigenvalue weighted by molar-refractivity contribution is 7.10. The fraction of sp³-hybridized carbons (Fsp3) is 0.182. The molecule has 0 aliphatic rings. The van der Waals surface area contributed by atoms with E-state index in [0.717, 1.165) is 17.6 Å². The highest BCUT2D eigenvalue weighted by Gasteiger charge is 2.18. The van der Waals surface area contributed by atoms with Gasteiger partial charge in [-0.15, -0.1) is 5.10 Å². The minimum atomic E-state index is -0.704. The third-order valence-corrected chi connectivity index (χ3v) is 3.53. The number of esters is 1. The molecule has 0 bridgehead atoms. The molecule has 1 aromatic carbocycles. The Balaban J connectivity index is 2.14. The van der Waals surface area contributed by atoms with Crippen LogP contribution in [0, 0.1) is 10.1 Å². The largest absolute Gasteiger partial charge is 0.455 e. The van der Waals surface area contributed by atoms with Crippen LogP contribution in [0.2, 0.25) is 4.34 Å². The number of carbonyl (C=O) groups is 1. The standard InChI is InChI=1S/C11H9ClN4O4S/c1-13-7-3-2-6(4-9(7)16(18)19)11(17)20-5-8-10(12)21-15-14-8/h2-4,13H,5H2,1H3. The summed E-state index contributed by atoms with van der Waals surface area (Å²) in [5, 5.41) is 17.3. The van der Waals surface area contributed by atoms with Crippen molar-refractivity contribution < 1.29 is 14.5 Å². The molecule has 1 aromatic heterocycles. The predicted molar refractivity (Wildman–Crippen MR) is 76.7 cm³/mol. The number of benzene rings is 1. The van der Waals surface area contributed by atoms with Gasteiger partial charge in [-0.2, -0.15) is 0 Å². The van der Waals surface area contributed by atoms with E-state index in [9.17, 15) is 14.9 Å². The number of halogens is 1. The molecule has 0 atom stereocenters. The lowest BCUT2D eigenvalue weighted by atomic mass is 10.1. The molecular weight excluding hydrogens is 320 g/mol. The smallest absolute Gasteiger partial charge is 0.338 e. The molecule has 110 valence electrons. The van der Waals surface area contributed by atoms with E-state index in [1.807, 2.05) is 0 Å². The van der Waals surface area contributed by atoms with Gasteiger partial charge in [0.2, 0.25) is 0 Å². The number of nitrogens with zero attached hydrogens (tertiary/aromatic N) is 3. The molecule has 10 heteroatoms. The zero-order chi connectivity index (χ0) is 15.4. The molecule has 2 aromatic rings. The molecule has 0 saturated heterocycles. The summed E-state index contributed by atoms with van der Waals surface area (Å²) < 4.78 is 8.94. The van der Waals surface area contributed by atoms with Crippen molar-refractivity contribution in [1.82, 2.24) is 9.59 Å². The Bertz CT molecular complexity index is 691. The van der Waals surface area contributed by atoms with Gasteiger partial charge >= 0.3 is 5.97 Å². The van der Waals surface area contributed by atoms with E-state index in [2.05, 4.69) is 14.9 Å². The molecule has 0 aliphatic carbocycles. The van der Waals surface area contributed by atoms with E-state index in [1.165, 1.54) is 12.1 Å². The van der Waals surface area contributed by atoms with Gasteiger partial charge in [0.05, 0.1) is 10.5 Å². The Morgan fingerprint density at radius 2 is 2.33 bits per heavy atom. The second kappa shape index (κ2) is 6.46. The van der Waals surface area contributed by atoms with Crippen molar-refractivity contribution in [2.45, 2.75) is 6.61 Å². The first-order valence-electron chi connectivity index (χ1n) is 5.63. The Hall–Kier alpha value is -2.26. The van der Waals surface area contributed by atoms with Gasteiger partial charge in [-0.1, -0.05) is 16.1 Å². The number of carbonyl (C=O) groups excluding carboxylic acids is 1. The van der Waals surface area contributed by atoms with E-state index in [-0.39, 0.29) is 17.9 Å². The van der Waals surface area contributed by atoms with Crippen molar-refractivity contribution in [3.05, 3.63) is 43.9 Å². The fourth-order valence-corrected chi connectivity index (χ4v) is 2.12. The van der Waals surface area contributed by atoms with Crippen LogP contribution in [0.25, 0.3) is 0 Å². The molecular formula is C11H9ClN4O4S. The summed E-state index contributed by atoms with van der Waals surface area (Å²) in [4.78, 5) is 22.2. The van der Waals surface area contributed by atoms with Crippen LogP contribution in [0.1, 0.15) is 16.1 Å². The monoisotopic (exact) mass is 328 g/mol. The van der Waals surface area contributed by atoms with Crippen molar-refractivity contribution in [2.24, 2.45) is 0 Å². The zero-order valence-corrected chi connectivity index (χ0v) is 12.3. The summed E-state index contributed by atoms with van der Waals surface area (Å²) in [6.45, 7) is -0.143. The average molecular weight is 329 g/mol. The van der Waals surface area contributed by atoms with Crippen LogP contribution in [-0.2, 0) is 11.3 Å². The van der Waals surface area contributed by atoms with Gasteiger partial charge in [-0.05, 0) is 12.1 Å². The molecule has 21 heavy (non-hydrogen) atoms. The third kappa shape index (κ3) is 3.44. The Kier molecular flexibility index (Phi) is 4.66. The molecule has 2 rings (SSSR count). The van der Waals surface area contributed by atoms with Crippen molar-refractivity contribution in [3.63, 3.8) is 0 Å². The summed E-state index contributed by atoms with van der Waals surface area (Å²) in [5.41, 5.74) is 0.514. The minimum Gasteiger partial charge on any atom is -0.455 e. The van der Waals surface area contributed by atoms with Gasteiger partial charge in [-0.3, -0.25) is 10.1 Å². The molecule has 0 fully saturated rings. The Morgan fingerprint density at radius 1 is 1.57 bits per heavy atom. The van der Waals surface area contributed by atoms with Gasteiger partial charge in [0.25, 0.3) is 5.69 Å². The molecule has 0 radical (unpaired) electrons. The first-order chi connectivity index (χ1) is 10.0. The maximum absolute atomic E-state index is 11.9. The number of hydrogen-bond donors (Lipinski definition) is 1. The van der Waals surface area contributed by atoms with E-state index in [0.29, 0.717) is 15.7 Å². The van der Waals surface area contributed by atoms with E-state index in [1.54, 1.807) is 7.05 Å². The van der Waals surface area contributed by atoms with E-state index >= 15 is 0 Å². The number of ether oxygens (including phenoxy) is 1. The lowest BCUT2D eigenvalue weighted by Crippen LogP contribution is -2.07. The molecule has 1 heterocycles. The van der Waals surface area contributed by atoms with Crippen LogP contribution in [0.3, 0.4) is 0 Å². The maximum Gasteiger partial charge on any atom is 0.338 e. The zero-order valence-electron chi connectivity index (χ0n) is 10.7. The normalized spacial score (nSPS) is 10.2. The summed E-state index contributed by atoms with van der Waals surface area (Å²) in [7, 11) is 1.55. The van der Waals surface area contributed by atoms with Gasteiger partial charge < -0.3 is 10.1 Å². The molecule has 0 spiro atoms. The predicted octanol–water partition coefficient (Wildman–Crippen LogP) is 2.50. The minimum absolute atomic E-state index is 0.0695. The summed E-state index contributed by atoms with van der Waals surface area (Å²) >= 11 is 6.76. The summed E-state index contributed by atoms with van der Waals surface area (Å²) in [6, 6.07) is 4.02. The second-order valence-corrected chi connectivity index (χ2v) is 5.16. The number of rotatable bonds is 5. The lowest BCUT2D eigenvalue weighted by molar-refractivity contribution is -0.384. The summed E-state index contributed by atoms with van der Waals surface area (Å²) in [5.74, 6) is -0.704. The number of nitrogens with one attached hydrogen (secondary N) is 1. The Labute approximate surface area is 128 Å². The van der Waals surface area contributed by atoms with E-state index in [4.69, 9.17) is 16.3 Å². The second-order valence-electron chi connectivity index (χ2n) is 3.81. The Morgan fingerprint density at radius 3 is 2.90 bits per heavy atom.